The molecule has 34 heavy (non-hydrogen) atoms. The summed E-state index contributed by atoms with van der Waals surface area (Å²) in [5, 5.41) is 11.2. The molecule has 2 aromatic carbocycles. The number of carbonyl (C=O) groups is 1. The maximum atomic E-state index is 12.5. The van der Waals surface area contributed by atoms with E-state index in [2.05, 4.69) is 27.6 Å². The zero-order valence-corrected chi connectivity index (χ0v) is 20.3. The van der Waals surface area contributed by atoms with Crippen LogP contribution in [0.5, 0.6) is 11.5 Å². The first-order valence-electron chi connectivity index (χ1n) is 11.9. The molecule has 7 heteroatoms. The van der Waals surface area contributed by atoms with Crippen LogP contribution in [-0.4, -0.2) is 35.5 Å². The molecule has 0 spiro atoms. The van der Waals surface area contributed by atoms with Crippen molar-refractivity contribution in [3.8, 4) is 22.8 Å². The Morgan fingerprint density at radius 2 is 1.65 bits per heavy atom. The molecule has 1 amide bonds. The van der Waals surface area contributed by atoms with Gasteiger partial charge in [-0.3, -0.25) is 9.89 Å². The van der Waals surface area contributed by atoms with Crippen LogP contribution in [0.1, 0.15) is 68.4 Å². The molecule has 0 aliphatic heterocycles. The second-order valence-electron chi connectivity index (χ2n) is 8.17. The monoisotopic (exact) mass is 462 g/mol. The van der Waals surface area contributed by atoms with Crippen LogP contribution in [0, 0.1) is 0 Å². The minimum absolute atomic E-state index is 0.338. The van der Waals surface area contributed by atoms with E-state index in [-0.39, 0.29) is 5.91 Å². The van der Waals surface area contributed by atoms with Gasteiger partial charge in [-0.1, -0.05) is 39.0 Å². The number of hydrogen-bond donors (Lipinski definition) is 2. The van der Waals surface area contributed by atoms with Gasteiger partial charge in [-0.05, 0) is 73.5 Å². The number of methoxy groups -OCH3 is 1. The summed E-state index contributed by atoms with van der Waals surface area (Å²) >= 11 is 0. The van der Waals surface area contributed by atoms with Crippen molar-refractivity contribution in [3.05, 3.63) is 65.9 Å². The number of carbonyl (C=O) groups excluding carboxylic acids is 1. The fourth-order valence-electron chi connectivity index (χ4n) is 3.47. The number of hydrogen-bond acceptors (Lipinski definition) is 5. The second-order valence-corrected chi connectivity index (χ2v) is 8.17. The Hall–Kier alpha value is -3.61. The van der Waals surface area contributed by atoms with Gasteiger partial charge in [0, 0.05) is 5.56 Å². The molecule has 0 aliphatic rings. The van der Waals surface area contributed by atoms with Gasteiger partial charge in [0.2, 0.25) is 0 Å². The Bertz CT molecular complexity index is 1060. The molecule has 1 heterocycles. The molecule has 7 nitrogen and oxygen atoms in total. The van der Waals surface area contributed by atoms with Gasteiger partial charge in [0.1, 0.15) is 17.2 Å². The molecule has 1 aromatic heterocycles. The lowest BCUT2D eigenvalue weighted by atomic mass is 10.1. The van der Waals surface area contributed by atoms with Crippen molar-refractivity contribution >= 4 is 11.6 Å². The summed E-state index contributed by atoms with van der Waals surface area (Å²) in [5.74, 6) is 1.25. The zero-order chi connectivity index (χ0) is 24.2. The highest BCUT2D eigenvalue weighted by Crippen LogP contribution is 2.22. The van der Waals surface area contributed by atoms with Crippen molar-refractivity contribution in [2.24, 2.45) is 5.10 Å². The van der Waals surface area contributed by atoms with E-state index in [0.29, 0.717) is 17.1 Å². The van der Waals surface area contributed by atoms with Gasteiger partial charge in [-0.15, -0.1) is 0 Å². The highest BCUT2D eigenvalue weighted by atomic mass is 16.5. The number of aromatic nitrogens is 2. The highest BCUT2D eigenvalue weighted by Gasteiger charge is 2.11. The summed E-state index contributed by atoms with van der Waals surface area (Å²) in [6.45, 7) is 4.79. The number of H-pyrrole nitrogens is 1. The molecule has 0 aliphatic carbocycles. The predicted octanol–water partition coefficient (Wildman–Crippen LogP) is 5.98. The number of nitrogens with one attached hydrogen (secondary N) is 2. The number of unbranched alkanes of at least 4 members (excludes halogenated alkanes) is 5. The van der Waals surface area contributed by atoms with E-state index in [1.165, 1.54) is 32.1 Å². The lowest BCUT2D eigenvalue weighted by Gasteiger charge is -2.06. The average molecular weight is 463 g/mol. The molecule has 3 aromatic rings. The van der Waals surface area contributed by atoms with Gasteiger partial charge >= 0.3 is 0 Å². The Morgan fingerprint density at radius 3 is 2.35 bits per heavy atom. The van der Waals surface area contributed by atoms with Crippen LogP contribution in [0.2, 0.25) is 0 Å². The molecule has 0 atom stereocenters. The van der Waals surface area contributed by atoms with Crippen LogP contribution in [0.4, 0.5) is 0 Å². The van der Waals surface area contributed by atoms with E-state index < -0.39 is 0 Å². The lowest BCUT2D eigenvalue weighted by Crippen LogP contribution is -2.19. The number of nitrogens with zero attached hydrogens (tertiary/aromatic N) is 2. The van der Waals surface area contributed by atoms with Crippen LogP contribution in [0.15, 0.2) is 59.7 Å². The first-order chi connectivity index (χ1) is 16.6. The SMILES string of the molecule is CCCCCCCCOc1ccc(-c2cc(C(=O)N/N=C(\C)c3ccc(OC)cc3)[nH]n2)cc1. The predicted molar refractivity (Wildman–Crippen MR) is 136 cm³/mol. The fourth-order valence-corrected chi connectivity index (χ4v) is 3.47. The molecule has 0 fully saturated rings. The van der Waals surface area contributed by atoms with Crippen molar-refractivity contribution in [2.45, 2.75) is 52.4 Å². The van der Waals surface area contributed by atoms with Gasteiger partial charge in [-0.25, -0.2) is 5.43 Å². The summed E-state index contributed by atoms with van der Waals surface area (Å²) in [6, 6.07) is 16.9. The van der Waals surface area contributed by atoms with Crippen molar-refractivity contribution in [2.75, 3.05) is 13.7 Å². The Morgan fingerprint density at radius 1 is 0.971 bits per heavy atom. The third kappa shape index (κ3) is 7.47. The third-order valence-electron chi connectivity index (χ3n) is 5.57. The molecule has 0 saturated heterocycles. The minimum atomic E-state index is -0.356. The first kappa shape index (κ1) is 25.0. The number of ether oxygens (including phenoxy) is 2. The normalized spacial score (nSPS) is 11.3. The summed E-state index contributed by atoms with van der Waals surface area (Å²) in [6.07, 6.45) is 7.45. The number of benzene rings is 2. The zero-order valence-electron chi connectivity index (χ0n) is 20.3. The van der Waals surface area contributed by atoms with Gasteiger partial charge in [-0.2, -0.15) is 10.2 Å². The molecule has 2 N–H and O–H groups in total. The molecule has 3 rings (SSSR count). The van der Waals surface area contributed by atoms with Crippen molar-refractivity contribution in [3.63, 3.8) is 0 Å². The van der Waals surface area contributed by atoms with Crippen molar-refractivity contribution in [1.82, 2.24) is 15.6 Å². The van der Waals surface area contributed by atoms with Gasteiger partial charge in [0.15, 0.2) is 0 Å². The van der Waals surface area contributed by atoms with Gasteiger partial charge in [0.05, 0.1) is 25.1 Å². The smallest absolute Gasteiger partial charge is 0.289 e. The standard InChI is InChI=1S/C27H34N4O3/c1-4-5-6-7-8-9-18-34-24-16-12-22(13-17-24)25-19-26(30-29-25)27(32)31-28-20(2)21-10-14-23(33-3)15-11-21/h10-17,19H,4-9,18H2,1-3H3,(H,29,30)(H,31,32)/b28-20+. The van der Waals surface area contributed by atoms with E-state index in [1.54, 1.807) is 13.2 Å². The summed E-state index contributed by atoms with van der Waals surface area (Å²) < 4.78 is 11.0. The summed E-state index contributed by atoms with van der Waals surface area (Å²) in [7, 11) is 1.62. The average Bonchev–Trinajstić information content (AvgIpc) is 3.37. The molecule has 0 unspecified atom stereocenters. The summed E-state index contributed by atoms with van der Waals surface area (Å²) in [5.41, 5.74) is 6.08. The number of aromatic amines is 1. The molecule has 180 valence electrons. The number of amides is 1. The summed E-state index contributed by atoms with van der Waals surface area (Å²) in [4.78, 5) is 12.5. The van der Waals surface area contributed by atoms with Crippen LogP contribution in [0.3, 0.4) is 0 Å². The molecular weight excluding hydrogens is 428 g/mol. The highest BCUT2D eigenvalue weighted by molar-refractivity contribution is 6.00. The number of hydrazone groups is 1. The quantitative estimate of drug-likeness (QED) is 0.186. The number of rotatable bonds is 13. The van der Waals surface area contributed by atoms with E-state index in [9.17, 15) is 4.79 Å². The van der Waals surface area contributed by atoms with E-state index in [0.717, 1.165) is 35.7 Å². The van der Waals surface area contributed by atoms with Crippen LogP contribution in [-0.2, 0) is 0 Å². The Balaban J connectivity index is 1.49. The molecular formula is C27H34N4O3. The molecule has 0 bridgehead atoms. The molecule has 0 radical (unpaired) electrons. The van der Waals surface area contributed by atoms with Crippen molar-refractivity contribution in [1.29, 1.82) is 0 Å². The first-order valence-corrected chi connectivity index (χ1v) is 11.9. The molecule has 0 saturated carbocycles. The minimum Gasteiger partial charge on any atom is -0.497 e. The van der Waals surface area contributed by atoms with E-state index in [1.807, 2.05) is 55.5 Å². The Kier molecular flexibility index (Phi) is 9.70. The lowest BCUT2D eigenvalue weighted by molar-refractivity contribution is 0.0950. The van der Waals surface area contributed by atoms with Gasteiger partial charge in [0.25, 0.3) is 5.91 Å². The Labute approximate surface area is 201 Å². The third-order valence-corrected chi connectivity index (χ3v) is 5.57. The van der Waals surface area contributed by atoms with Crippen LogP contribution < -0.4 is 14.9 Å². The van der Waals surface area contributed by atoms with E-state index in [4.69, 9.17) is 9.47 Å². The second kappa shape index (κ2) is 13.2. The topological polar surface area (TPSA) is 88.6 Å². The maximum Gasteiger partial charge on any atom is 0.289 e. The maximum absolute atomic E-state index is 12.5. The van der Waals surface area contributed by atoms with Gasteiger partial charge < -0.3 is 9.47 Å². The van der Waals surface area contributed by atoms with E-state index >= 15 is 0 Å². The fraction of sp³-hybridized carbons (Fsp3) is 0.370. The van der Waals surface area contributed by atoms with Crippen LogP contribution >= 0.6 is 0 Å². The largest absolute Gasteiger partial charge is 0.497 e. The van der Waals surface area contributed by atoms with Crippen molar-refractivity contribution < 1.29 is 14.3 Å². The van der Waals surface area contributed by atoms with Crippen LogP contribution in [0.25, 0.3) is 11.3 Å².